The van der Waals surface area contributed by atoms with Crippen molar-refractivity contribution in [3.05, 3.63) is 22.8 Å². The number of hydrogen-bond acceptors (Lipinski definition) is 3. The molecule has 1 aliphatic heterocycles. The van der Waals surface area contributed by atoms with Crippen molar-refractivity contribution in [3.63, 3.8) is 0 Å². The first-order valence-electron chi connectivity index (χ1n) is 3.98. The van der Waals surface area contributed by atoms with E-state index in [2.05, 4.69) is 5.32 Å². The molecule has 5 heteroatoms. The third-order valence-corrected chi connectivity index (χ3v) is 3.78. The standard InChI is InChI=1S/C8H14N2O2S/c1-7-4-5-8(6-9-7)13(11,12)10(2)3/h4-5,9H,6H2,1-3H3. The van der Waals surface area contributed by atoms with Gasteiger partial charge in [-0.2, -0.15) is 0 Å². The average molecular weight is 202 g/mol. The fourth-order valence-electron chi connectivity index (χ4n) is 0.974. The van der Waals surface area contributed by atoms with Gasteiger partial charge in [-0.3, -0.25) is 0 Å². The summed E-state index contributed by atoms with van der Waals surface area (Å²) in [6.07, 6.45) is 3.40. The molecule has 0 radical (unpaired) electrons. The molecule has 1 heterocycles. The van der Waals surface area contributed by atoms with Crippen LogP contribution in [0.2, 0.25) is 0 Å². The Bertz CT molecular complexity index is 352. The highest BCUT2D eigenvalue weighted by molar-refractivity contribution is 7.93. The van der Waals surface area contributed by atoms with E-state index in [0.717, 1.165) is 5.70 Å². The lowest BCUT2D eigenvalue weighted by molar-refractivity contribution is 0.526. The van der Waals surface area contributed by atoms with E-state index in [1.807, 2.05) is 6.92 Å². The van der Waals surface area contributed by atoms with Gasteiger partial charge in [0.15, 0.2) is 0 Å². The Morgan fingerprint density at radius 1 is 1.38 bits per heavy atom. The molecular weight excluding hydrogens is 188 g/mol. The largest absolute Gasteiger partial charge is 0.384 e. The van der Waals surface area contributed by atoms with Crippen LogP contribution in [-0.2, 0) is 10.0 Å². The fourth-order valence-corrected chi connectivity index (χ4v) is 1.94. The van der Waals surface area contributed by atoms with Crippen LogP contribution in [0.3, 0.4) is 0 Å². The minimum Gasteiger partial charge on any atom is -0.384 e. The van der Waals surface area contributed by atoms with Gasteiger partial charge in [-0.25, -0.2) is 12.7 Å². The van der Waals surface area contributed by atoms with E-state index in [1.54, 1.807) is 12.2 Å². The Balaban J connectivity index is 2.98. The number of hydrogen-bond donors (Lipinski definition) is 1. The maximum atomic E-state index is 11.6. The topological polar surface area (TPSA) is 49.4 Å². The van der Waals surface area contributed by atoms with Gasteiger partial charge in [0.05, 0.1) is 11.4 Å². The SMILES string of the molecule is CC1=CC=C(S(=O)(=O)N(C)C)CN1. The summed E-state index contributed by atoms with van der Waals surface area (Å²) in [5.41, 5.74) is 0.984. The first-order chi connectivity index (χ1) is 5.94. The van der Waals surface area contributed by atoms with Crippen LogP contribution in [0.15, 0.2) is 22.8 Å². The predicted octanol–water partition coefficient (Wildman–Crippen LogP) is 0.269. The average Bonchev–Trinajstić information content (AvgIpc) is 2.04. The van der Waals surface area contributed by atoms with Gasteiger partial charge >= 0.3 is 0 Å². The maximum absolute atomic E-state index is 11.6. The fraction of sp³-hybridized carbons (Fsp3) is 0.500. The van der Waals surface area contributed by atoms with Gasteiger partial charge in [-0.15, -0.1) is 0 Å². The van der Waals surface area contributed by atoms with Gasteiger partial charge in [-0.1, -0.05) is 0 Å². The van der Waals surface area contributed by atoms with Crippen LogP contribution in [0, 0.1) is 0 Å². The molecule has 0 aromatic heterocycles. The van der Waals surface area contributed by atoms with Crippen molar-refractivity contribution in [3.8, 4) is 0 Å². The highest BCUT2D eigenvalue weighted by atomic mass is 32.2. The van der Waals surface area contributed by atoms with E-state index >= 15 is 0 Å². The number of sulfonamides is 1. The lowest BCUT2D eigenvalue weighted by Gasteiger charge is -2.18. The van der Waals surface area contributed by atoms with Crippen LogP contribution >= 0.6 is 0 Å². The van der Waals surface area contributed by atoms with Crippen molar-refractivity contribution >= 4 is 10.0 Å². The van der Waals surface area contributed by atoms with Crippen LogP contribution in [0.25, 0.3) is 0 Å². The van der Waals surface area contributed by atoms with E-state index in [9.17, 15) is 8.42 Å². The zero-order valence-corrected chi connectivity index (χ0v) is 8.85. The van der Waals surface area contributed by atoms with Crippen molar-refractivity contribution in [2.24, 2.45) is 0 Å². The molecule has 4 nitrogen and oxygen atoms in total. The second-order valence-electron chi connectivity index (χ2n) is 3.12. The molecule has 0 aromatic rings. The lowest BCUT2D eigenvalue weighted by Crippen LogP contribution is -2.30. The highest BCUT2D eigenvalue weighted by Crippen LogP contribution is 2.12. The molecule has 0 fully saturated rings. The molecule has 0 saturated carbocycles. The molecule has 1 N–H and O–H groups in total. The smallest absolute Gasteiger partial charge is 0.240 e. The highest BCUT2D eigenvalue weighted by Gasteiger charge is 2.20. The normalized spacial score (nSPS) is 17.8. The number of allylic oxidation sites excluding steroid dienone is 3. The summed E-state index contributed by atoms with van der Waals surface area (Å²) >= 11 is 0. The Morgan fingerprint density at radius 2 is 2.00 bits per heavy atom. The van der Waals surface area contributed by atoms with Crippen molar-refractivity contribution in [2.75, 3.05) is 20.6 Å². The molecule has 0 amide bonds. The molecule has 1 rings (SSSR count). The third-order valence-electron chi connectivity index (χ3n) is 1.87. The van der Waals surface area contributed by atoms with Gasteiger partial charge in [-0.05, 0) is 19.1 Å². The van der Waals surface area contributed by atoms with Crippen molar-refractivity contribution in [1.82, 2.24) is 9.62 Å². The molecule has 0 atom stereocenters. The van der Waals surface area contributed by atoms with Crippen LogP contribution < -0.4 is 5.32 Å². The first kappa shape index (κ1) is 10.3. The van der Waals surface area contributed by atoms with Gasteiger partial charge < -0.3 is 5.32 Å². The first-order valence-corrected chi connectivity index (χ1v) is 5.42. The molecule has 0 bridgehead atoms. The Labute approximate surface area is 79.0 Å². The van der Waals surface area contributed by atoms with Crippen LogP contribution in [-0.4, -0.2) is 33.4 Å². The second-order valence-corrected chi connectivity index (χ2v) is 5.33. The van der Waals surface area contributed by atoms with Gasteiger partial charge in [0.1, 0.15) is 0 Å². The number of nitrogens with zero attached hydrogens (tertiary/aromatic N) is 1. The zero-order chi connectivity index (χ0) is 10.1. The van der Waals surface area contributed by atoms with Gasteiger partial charge in [0.25, 0.3) is 0 Å². The molecular formula is C8H14N2O2S. The predicted molar refractivity (Wildman–Crippen MR) is 52.4 cm³/mol. The zero-order valence-electron chi connectivity index (χ0n) is 8.03. The van der Waals surface area contributed by atoms with Crippen molar-refractivity contribution < 1.29 is 8.42 Å². The van der Waals surface area contributed by atoms with Crippen molar-refractivity contribution in [2.45, 2.75) is 6.92 Å². The Kier molecular flexibility index (Phi) is 2.77. The van der Waals surface area contributed by atoms with Gasteiger partial charge in [0, 0.05) is 19.8 Å². The number of dihydropyridines is 1. The summed E-state index contributed by atoms with van der Waals surface area (Å²) in [6.45, 7) is 2.28. The quantitative estimate of drug-likeness (QED) is 0.699. The molecule has 0 aliphatic carbocycles. The molecule has 74 valence electrons. The molecule has 0 unspecified atom stereocenters. The summed E-state index contributed by atoms with van der Waals surface area (Å²) in [7, 11) is -0.178. The van der Waals surface area contributed by atoms with Gasteiger partial charge in [0.2, 0.25) is 10.0 Å². The van der Waals surface area contributed by atoms with E-state index in [1.165, 1.54) is 18.4 Å². The van der Waals surface area contributed by atoms with Crippen LogP contribution in [0.4, 0.5) is 0 Å². The molecule has 0 spiro atoms. The maximum Gasteiger partial charge on any atom is 0.240 e. The lowest BCUT2D eigenvalue weighted by atomic mass is 10.3. The van der Waals surface area contributed by atoms with E-state index in [0.29, 0.717) is 11.4 Å². The molecule has 0 aromatic carbocycles. The molecule has 13 heavy (non-hydrogen) atoms. The summed E-state index contributed by atoms with van der Waals surface area (Å²) in [5.74, 6) is 0. The minimum absolute atomic E-state index is 0.378. The van der Waals surface area contributed by atoms with E-state index in [4.69, 9.17) is 0 Å². The van der Waals surface area contributed by atoms with E-state index < -0.39 is 10.0 Å². The van der Waals surface area contributed by atoms with E-state index in [-0.39, 0.29) is 0 Å². The number of rotatable bonds is 2. The third kappa shape index (κ3) is 2.10. The minimum atomic E-state index is -3.24. The molecule has 0 saturated heterocycles. The summed E-state index contributed by atoms with van der Waals surface area (Å²) in [6, 6.07) is 0. The summed E-state index contributed by atoms with van der Waals surface area (Å²) < 4.78 is 24.4. The molecule has 1 aliphatic rings. The Hall–Kier alpha value is -0.810. The number of nitrogens with one attached hydrogen (secondary N) is 1. The van der Waals surface area contributed by atoms with Crippen molar-refractivity contribution in [1.29, 1.82) is 0 Å². The Morgan fingerprint density at radius 3 is 2.38 bits per heavy atom. The summed E-state index contributed by atoms with van der Waals surface area (Å²) in [5, 5.41) is 2.98. The monoisotopic (exact) mass is 202 g/mol. The van der Waals surface area contributed by atoms with Crippen LogP contribution in [0.5, 0.6) is 0 Å². The second kappa shape index (κ2) is 3.51. The van der Waals surface area contributed by atoms with Crippen LogP contribution in [0.1, 0.15) is 6.92 Å². The summed E-state index contributed by atoms with van der Waals surface area (Å²) in [4.78, 5) is 0.406.